The molecule has 0 radical (unpaired) electrons. The van der Waals surface area contributed by atoms with Crippen LogP contribution in [-0.2, 0) is 20.6 Å². The summed E-state index contributed by atoms with van der Waals surface area (Å²) in [5.41, 5.74) is 0.815. The van der Waals surface area contributed by atoms with Crippen LogP contribution in [0.3, 0.4) is 0 Å². The lowest BCUT2D eigenvalue weighted by atomic mass is 9.96. The minimum Gasteiger partial charge on any atom is -0.497 e. The second-order valence-corrected chi connectivity index (χ2v) is 4.74. The van der Waals surface area contributed by atoms with Crippen molar-refractivity contribution < 1.29 is 18.2 Å². The standard InChI is InChI=1S/C10H12O4S/c1-13-9-4-2-8(3-5-9)10(15(11)12)6-14-7-10/h2-5H,6-7H2,1H3,(H,11,12). The van der Waals surface area contributed by atoms with Crippen LogP contribution in [0.4, 0.5) is 0 Å². The van der Waals surface area contributed by atoms with E-state index in [-0.39, 0.29) is 0 Å². The van der Waals surface area contributed by atoms with Gasteiger partial charge in [-0.3, -0.25) is 0 Å². The van der Waals surface area contributed by atoms with Gasteiger partial charge in [-0.2, -0.15) is 0 Å². The lowest BCUT2D eigenvalue weighted by Gasteiger charge is -2.38. The zero-order chi connectivity index (χ0) is 10.9. The van der Waals surface area contributed by atoms with Gasteiger partial charge < -0.3 is 14.0 Å². The van der Waals surface area contributed by atoms with E-state index in [0.717, 1.165) is 11.3 Å². The number of benzene rings is 1. The lowest BCUT2D eigenvalue weighted by molar-refractivity contribution is -0.0165. The predicted molar refractivity (Wildman–Crippen MR) is 56.3 cm³/mol. The monoisotopic (exact) mass is 228 g/mol. The molecule has 1 N–H and O–H groups in total. The number of hydrogen-bond donors (Lipinski definition) is 1. The summed E-state index contributed by atoms with van der Waals surface area (Å²) in [6.07, 6.45) is 0. The Morgan fingerprint density at radius 3 is 2.33 bits per heavy atom. The maximum absolute atomic E-state index is 11.3. The van der Waals surface area contributed by atoms with Gasteiger partial charge in [-0.15, -0.1) is 0 Å². The highest BCUT2D eigenvalue weighted by Crippen LogP contribution is 2.35. The normalized spacial score (nSPS) is 20.4. The molecule has 1 atom stereocenters. The average Bonchev–Trinajstić information content (AvgIpc) is 2.16. The van der Waals surface area contributed by atoms with Crippen molar-refractivity contribution in [3.05, 3.63) is 29.8 Å². The van der Waals surface area contributed by atoms with Crippen LogP contribution in [0.15, 0.2) is 24.3 Å². The molecule has 5 heteroatoms. The van der Waals surface area contributed by atoms with E-state index in [1.54, 1.807) is 31.4 Å². The summed E-state index contributed by atoms with van der Waals surface area (Å²) in [4.78, 5) is 0. The van der Waals surface area contributed by atoms with E-state index in [1.165, 1.54) is 0 Å². The Morgan fingerprint density at radius 1 is 1.40 bits per heavy atom. The summed E-state index contributed by atoms with van der Waals surface area (Å²) >= 11 is -1.91. The summed E-state index contributed by atoms with van der Waals surface area (Å²) < 4.78 is 29.8. The zero-order valence-corrected chi connectivity index (χ0v) is 9.12. The van der Waals surface area contributed by atoms with E-state index in [0.29, 0.717) is 13.2 Å². The van der Waals surface area contributed by atoms with Crippen molar-refractivity contribution >= 4 is 11.1 Å². The smallest absolute Gasteiger partial charge is 0.168 e. The maximum atomic E-state index is 11.3. The minimum atomic E-state index is -1.91. The Kier molecular flexibility index (Phi) is 2.77. The van der Waals surface area contributed by atoms with Crippen molar-refractivity contribution in [2.45, 2.75) is 4.75 Å². The molecule has 0 saturated carbocycles. The molecule has 4 nitrogen and oxygen atoms in total. The van der Waals surface area contributed by atoms with Gasteiger partial charge in [0.15, 0.2) is 11.1 Å². The first-order valence-corrected chi connectivity index (χ1v) is 5.63. The number of hydrogen-bond acceptors (Lipinski definition) is 3. The van der Waals surface area contributed by atoms with Gasteiger partial charge in [-0.25, -0.2) is 4.21 Å². The van der Waals surface area contributed by atoms with Crippen molar-refractivity contribution in [1.29, 1.82) is 0 Å². The highest BCUT2D eigenvalue weighted by atomic mass is 32.2. The van der Waals surface area contributed by atoms with Crippen LogP contribution in [0.5, 0.6) is 5.75 Å². The minimum absolute atomic E-state index is 0.294. The van der Waals surface area contributed by atoms with Crippen molar-refractivity contribution in [3.8, 4) is 5.75 Å². The molecule has 1 unspecified atom stereocenters. The maximum Gasteiger partial charge on any atom is 0.168 e. The second-order valence-electron chi connectivity index (χ2n) is 3.46. The van der Waals surface area contributed by atoms with Gasteiger partial charge in [-0.05, 0) is 17.7 Å². The van der Waals surface area contributed by atoms with Gasteiger partial charge in [0.05, 0.1) is 20.3 Å². The Hall–Kier alpha value is -0.910. The van der Waals surface area contributed by atoms with Gasteiger partial charge in [0.25, 0.3) is 0 Å². The third-order valence-electron chi connectivity index (χ3n) is 2.62. The van der Waals surface area contributed by atoms with Gasteiger partial charge in [0.1, 0.15) is 10.5 Å². The molecule has 1 aromatic carbocycles. The summed E-state index contributed by atoms with van der Waals surface area (Å²) in [7, 11) is 1.58. The summed E-state index contributed by atoms with van der Waals surface area (Å²) in [5.74, 6) is 0.734. The van der Waals surface area contributed by atoms with Crippen LogP contribution in [-0.4, -0.2) is 29.1 Å². The van der Waals surface area contributed by atoms with Crippen LogP contribution < -0.4 is 4.74 Å². The van der Waals surface area contributed by atoms with Gasteiger partial charge in [0, 0.05) is 0 Å². The fourth-order valence-corrected chi connectivity index (χ4v) is 2.26. The van der Waals surface area contributed by atoms with Crippen molar-refractivity contribution in [1.82, 2.24) is 0 Å². The molecule has 2 rings (SSSR count). The number of methoxy groups -OCH3 is 1. The fourth-order valence-electron chi connectivity index (χ4n) is 1.55. The largest absolute Gasteiger partial charge is 0.497 e. The summed E-state index contributed by atoms with van der Waals surface area (Å²) in [5, 5.41) is 0. The zero-order valence-electron chi connectivity index (χ0n) is 8.30. The van der Waals surface area contributed by atoms with Crippen LogP contribution in [0, 0.1) is 0 Å². The Bertz CT molecular complexity index is 370. The molecular formula is C10H12O4S. The number of rotatable bonds is 3. The molecule has 1 fully saturated rings. The van der Waals surface area contributed by atoms with Crippen LogP contribution in [0.2, 0.25) is 0 Å². The third kappa shape index (κ3) is 1.67. The Balaban J connectivity index is 2.31. The summed E-state index contributed by atoms with van der Waals surface area (Å²) in [6.45, 7) is 0.588. The van der Waals surface area contributed by atoms with Crippen molar-refractivity contribution in [3.63, 3.8) is 0 Å². The highest BCUT2D eigenvalue weighted by molar-refractivity contribution is 7.80. The molecular weight excluding hydrogens is 216 g/mol. The van der Waals surface area contributed by atoms with E-state index in [1.807, 2.05) is 0 Å². The molecule has 1 aromatic rings. The van der Waals surface area contributed by atoms with Crippen LogP contribution in [0.25, 0.3) is 0 Å². The van der Waals surface area contributed by atoms with Crippen molar-refractivity contribution in [2.75, 3.05) is 20.3 Å². The molecule has 82 valence electrons. The van der Waals surface area contributed by atoms with E-state index in [9.17, 15) is 8.76 Å². The van der Waals surface area contributed by atoms with Crippen LogP contribution in [0.1, 0.15) is 5.56 Å². The molecule has 0 aliphatic carbocycles. The average molecular weight is 228 g/mol. The Labute approximate surface area is 90.5 Å². The van der Waals surface area contributed by atoms with E-state index >= 15 is 0 Å². The molecule has 1 aliphatic rings. The molecule has 1 heterocycles. The van der Waals surface area contributed by atoms with Crippen molar-refractivity contribution in [2.24, 2.45) is 0 Å². The summed E-state index contributed by atoms with van der Waals surface area (Å²) in [6, 6.07) is 7.16. The first-order chi connectivity index (χ1) is 7.19. The fraction of sp³-hybridized carbons (Fsp3) is 0.400. The quantitative estimate of drug-likeness (QED) is 0.788. The van der Waals surface area contributed by atoms with E-state index < -0.39 is 15.8 Å². The van der Waals surface area contributed by atoms with E-state index in [2.05, 4.69) is 0 Å². The van der Waals surface area contributed by atoms with Crippen LogP contribution >= 0.6 is 0 Å². The molecule has 0 spiro atoms. The molecule has 0 aromatic heterocycles. The SMILES string of the molecule is COc1ccc(C2(S(=O)O)COC2)cc1. The van der Waals surface area contributed by atoms with Gasteiger partial charge >= 0.3 is 0 Å². The second kappa shape index (κ2) is 3.92. The van der Waals surface area contributed by atoms with Gasteiger partial charge in [0.2, 0.25) is 0 Å². The predicted octanol–water partition coefficient (Wildman–Crippen LogP) is 1.14. The topological polar surface area (TPSA) is 55.8 Å². The third-order valence-corrected chi connectivity index (χ3v) is 3.76. The first kappa shape index (κ1) is 10.6. The number of ether oxygens (including phenoxy) is 2. The first-order valence-electron chi connectivity index (χ1n) is 4.52. The highest BCUT2D eigenvalue weighted by Gasteiger charge is 2.46. The molecule has 1 aliphatic heterocycles. The lowest BCUT2D eigenvalue weighted by Crippen LogP contribution is -2.49. The Morgan fingerprint density at radius 2 is 2.00 bits per heavy atom. The van der Waals surface area contributed by atoms with Gasteiger partial charge in [-0.1, -0.05) is 12.1 Å². The van der Waals surface area contributed by atoms with E-state index in [4.69, 9.17) is 9.47 Å². The molecule has 0 bridgehead atoms. The molecule has 15 heavy (non-hydrogen) atoms. The molecule has 0 amide bonds. The molecule has 1 saturated heterocycles.